The average Bonchev–Trinajstić information content (AvgIpc) is 3.49. The van der Waals surface area contributed by atoms with Gasteiger partial charge in [0, 0.05) is 0 Å². The smallest absolute Gasteiger partial charge is 0.252 e. The van der Waals surface area contributed by atoms with Crippen molar-refractivity contribution in [3.8, 4) is 5.75 Å². The van der Waals surface area contributed by atoms with Crippen LogP contribution in [0.3, 0.4) is 0 Å². The van der Waals surface area contributed by atoms with Gasteiger partial charge in [0.25, 0.3) is 5.91 Å². The number of imide groups is 1. The van der Waals surface area contributed by atoms with Gasteiger partial charge in [-0.1, -0.05) is 30.3 Å². The van der Waals surface area contributed by atoms with Crippen LogP contribution < -0.4 is 9.64 Å². The summed E-state index contributed by atoms with van der Waals surface area (Å²) in [7, 11) is -2.66. The van der Waals surface area contributed by atoms with E-state index in [1.54, 1.807) is 48.5 Å². The molecule has 0 radical (unpaired) electrons. The number of sulfonamides is 1. The number of ether oxygens (including phenoxy) is 1. The van der Waals surface area contributed by atoms with Gasteiger partial charge in [-0.05, 0) is 59.3 Å². The Morgan fingerprint density at radius 2 is 1.71 bits per heavy atom. The number of hydrogen-bond donors (Lipinski definition) is 0. The third-order valence-electron chi connectivity index (χ3n) is 6.02. The Morgan fingerprint density at radius 1 is 0.971 bits per heavy atom. The Bertz CT molecular complexity index is 1500. The first-order valence-electron chi connectivity index (χ1n) is 10.9. The SMILES string of the molecule is COc1ccc(N2C(=O)CC(N(Cc3ccco3)S(=O)(=O)c3ccc4ccccc4c3)C2=O)cc1. The summed E-state index contributed by atoms with van der Waals surface area (Å²) in [6.45, 7) is -0.192. The van der Waals surface area contributed by atoms with Gasteiger partial charge in [-0.2, -0.15) is 4.31 Å². The molecular weight excluding hydrogens is 468 g/mol. The molecule has 1 aliphatic heterocycles. The van der Waals surface area contributed by atoms with Crippen molar-refractivity contribution in [2.75, 3.05) is 12.0 Å². The van der Waals surface area contributed by atoms with Crippen molar-refractivity contribution in [3.63, 3.8) is 0 Å². The molecule has 1 aliphatic rings. The van der Waals surface area contributed by atoms with E-state index in [1.807, 2.05) is 24.3 Å². The van der Waals surface area contributed by atoms with Crippen molar-refractivity contribution in [2.45, 2.75) is 23.9 Å². The number of carbonyl (C=O) groups excluding carboxylic acids is 2. The van der Waals surface area contributed by atoms with E-state index in [9.17, 15) is 18.0 Å². The number of anilines is 1. The molecule has 0 N–H and O–H groups in total. The molecule has 0 spiro atoms. The molecule has 0 saturated carbocycles. The van der Waals surface area contributed by atoms with Crippen LogP contribution in [0.25, 0.3) is 10.8 Å². The molecule has 1 unspecified atom stereocenters. The molecule has 8 nitrogen and oxygen atoms in total. The van der Waals surface area contributed by atoms with Crippen molar-refractivity contribution in [1.82, 2.24) is 4.31 Å². The van der Waals surface area contributed by atoms with Crippen LogP contribution in [0.4, 0.5) is 5.69 Å². The number of benzene rings is 3. The van der Waals surface area contributed by atoms with Gasteiger partial charge in [-0.3, -0.25) is 9.59 Å². The van der Waals surface area contributed by atoms with Crippen LogP contribution in [-0.4, -0.2) is 37.7 Å². The van der Waals surface area contributed by atoms with Crippen LogP contribution in [0, 0.1) is 0 Å². The lowest BCUT2D eigenvalue weighted by Gasteiger charge is -2.26. The van der Waals surface area contributed by atoms with Crippen LogP contribution in [0.5, 0.6) is 5.75 Å². The molecule has 2 heterocycles. The number of carbonyl (C=O) groups is 2. The number of nitrogens with zero attached hydrogens (tertiary/aromatic N) is 2. The third-order valence-corrected chi connectivity index (χ3v) is 7.87. The number of hydrogen-bond acceptors (Lipinski definition) is 6. The highest BCUT2D eigenvalue weighted by Gasteiger charge is 2.47. The minimum Gasteiger partial charge on any atom is -0.497 e. The van der Waals surface area contributed by atoms with Gasteiger partial charge in [0.2, 0.25) is 15.9 Å². The second-order valence-corrected chi connectivity index (χ2v) is 10.0. The summed E-state index contributed by atoms with van der Waals surface area (Å²) in [6, 6.07) is 20.7. The van der Waals surface area contributed by atoms with Crippen LogP contribution in [0.2, 0.25) is 0 Å². The topological polar surface area (TPSA) is 97.1 Å². The molecule has 4 aromatic rings. The maximum atomic E-state index is 13.9. The molecule has 2 amide bonds. The van der Waals surface area contributed by atoms with Crippen molar-refractivity contribution >= 4 is 38.3 Å². The van der Waals surface area contributed by atoms with Crippen molar-refractivity contribution in [2.24, 2.45) is 0 Å². The fraction of sp³-hybridized carbons (Fsp3) is 0.154. The first-order chi connectivity index (χ1) is 16.9. The van der Waals surface area contributed by atoms with Crippen LogP contribution in [0.15, 0.2) is 94.4 Å². The lowest BCUT2D eigenvalue weighted by molar-refractivity contribution is -0.122. The number of fused-ring (bicyclic) bond motifs is 1. The van der Waals surface area contributed by atoms with E-state index in [0.717, 1.165) is 20.0 Å². The zero-order chi connectivity index (χ0) is 24.6. The predicted molar refractivity (Wildman–Crippen MR) is 129 cm³/mol. The van der Waals surface area contributed by atoms with Gasteiger partial charge < -0.3 is 9.15 Å². The van der Waals surface area contributed by atoms with Crippen LogP contribution >= 0.6 is 0 Å². The predicted octanol–water partition coefficient (Wildman–Crippen LogP) is 3.96. The van der Waals surface area contributed by atoms with E-state index in [2.05, 4.69) is 0 Å². The summed E-state index contributed by atoms with van der Waals surface area (Å²) in [4.78, 5) is 27.4. The van der Waals surface area contributed by atoms with E-state index in [0.29, 0.717) is 17.2 Å². The number of furan rings is 1. The maximum Gasteiger partial charge on any atom is 0.252 e. The van der Waals surface area contributed by atoms with Crippen molar-refractivity contribution < 1.29 is 27.2 Å². The second-order valence-electron chi connectivity index (χ2n) is 8.12. The van der Waals surface area contributed by atoms with Crippen LogP contribution in [-0.2, 0) is 26.2 Å². The Kier molecular flexibility index (Phi) is 5.88. The van der Waals surface area contributed by atoms with Crippen molar-refractivity contribution in [1.29, 1.82) is 0 Å². The number of amides is 2. The zero-order valence-corrected chi connectivity index (χ0v) is 19.6. The summed E-state index contributed by atoms with van der Waals surface area (Å²) in [5.41, 5.74) is 0.351. The fourth-order valence-electron chi connectivity index (χ4n) is 4.23. The molecule has 0 aliphatic carbocycles. The molecule has 0 bridgehead atoms. The average molecular weight is 491 g/mol. The highest BCUT2D eigenvalue weighted by atomic mass is 32.2. The summed E-state index contributed by atoms with van der Waals surface area (Å²) in [5.74, 6) is -0.167. The highest BCUT2D eigenvalue weighted by molar-refractivity contribution is 7.89. The molecule has 5 rings (SSSR count). The molecule has 35 heavy (non-hydrogen) atoms. The van der Waals surface area contributed by atoms with Crippen molar-refractivity contribution in [3.05, 3.63) is 90.9 Å². The van der Waals surface area contributed by atoms with Gasteiger partial charge >= 0.3 is 0 Å². The van der Waals surface area contributed by atoms with E-state index in [1.165, 1.54) is 19.4 Å². The zero-order valence-electron chi connectivity index (χ0n) is 18.8. The third kappa shape index (κ3) is 4.20. The molecule has 1 atom stereocenters. The normalized spacial score (nSPS) is 16.4. The quantitative estimate of drug-likeness (QED) is 0.364. The molecule has 1 fully saturated rings. The number of methoxy groups -OCH3 is 1. The Balaban J connectivity index is 1.54. The van der Waals surface area contributed by atoms with Crippen LogP contribution in [0.1, 0.15) is 12.2 Å². The Hall–Kier alpha value is -3.95. The van der Waals surface area contributed by atoms with Gasteiger partial charge in [-0.15, -0.1) is 0 Å². The summed E-state index contributed by atoms with van der Waals surface area (Å²) >= 11 is 0. The lowest BCUT2D eigenvalue weighted by atomic mass is 10.1. The van der Waals surface area contributed by atoms with E-state index in [4.69, 9.17) is 9.15 Å². The minimum atomic E-state index is -4.17. The van der Waals surface area contributed by atoms with E-state index in [-0.39, 0.29) is 17.9 Å². The molecule has 1 saturated heterocycles. The first kappa shape index (κ1) is 22.8. The largest absolute Gasteiger partial charge is 0.497 e. The Labute approximate surface area is 202 Å². The summed E-state index contributed by atoms with van der Waals surface area (Å²) < 4.78 is 39.3. The van der Waals surface area contributed by atoms with Gasteiger partial charge in [0.15, 0.2) is 0 Å². The van der Waals surface area contributed by atoms with E-state index >= 15 is 0 Å². The fourth-order valence-corrected chi connectivity index (χ4v) is 5.81. The summed E-state index contributed by atoms with van der Waals surface area (Å²) in [6.07, 6.45) is 1.15. The van der Waals surface area contributed by atoms with Gasteiger partial charge in [-0.25, -0.2) is 13.3 Å². The molecule has 9 heteroatoms. The lowest BCUT2D eigenvalue weighted by Crippen LogP contribution is -2.45. The van der Waals surface area contributed by atoms with Gasteiger partial charge in [0.1, 0.15) is 17.6 Å². The number of rotatable bonds is 7. The van der Waals surface area contributed by atoms with Gasteiger partial charge in [0.05, 0.1) is 36.9 Å². The molecular formula is C26H22N2O6S. The Morgan fingerprint density at radius 3 is 2.40 bits per heavy atom. The van der Waals surface area contributed by atoms with E-state index < -0.39 is 27.9 Å². The molecule has 178 valence electrons. The first-order valence-corrected chi connectivity index (χ1v) is 12.4. The summed E-state index contributed by atoms with van der Waals surface area (Å²) in [5, 5.41) is 1.64. The monoisotopic (exact) mass is 490 g/mol. The molecule has 3 aromatic carbocycles. The maximum absolute atomic E-state index is 13.9. The second kappa shape index (κ2) is 9.01. The highest BCUT2D eigenvalue weighted by Crippen LogP contribution is 2.32. The molecule has 1 aromatic heterocycles. The minimum absolute atomic E-state index is 0.0332. The standard InChI is InChI=1S/C26H22N2O6S/c1-33-21-11-9-20(10-12-21)28-25(29)16-24(26(28)30)27(17-22-7-4-14-34-22)35(31,32)23-13-8-18-5-2-3-6-19(18)15-23/h2-15,24H,16-17H2,1H3.